The molecule has 0 spiro atoms. The smallest absolute Gasteiger partial charge is 0.0755 e. The molecule has 1 aliphatic heterocycles. The highest BCUT2D eigenvalue weighted by Crippen LogP contribution is 2.50. The van der Waals surface area contributed by atoms with Crippen molar-refractivity contribution in [3.63, 3.8) is 0 Å². The summed E-state index contributed by atoms with van der Waals surface area (Å²) in [5.74, 6) is 3.70. The molecule has 0 radical (unpaired) electrons. The molecular formula is C13H17BrS4. The zero-order valence-corrected chi connectivity index (χ0v) is 15.1. The summed E-state index contributed by atoms with van der Waals surface area (Å²) >= 11 is 14.2. The molecule has 3 unspecified atom stereocenters. The molecule has 1 saturated heterocycles. The SMILES string of the molecule is CC(S)CSCC1CSC(c2ccc(Br)cc2)S1. The van der Waals surface area contributed by atoms with Crippen LogP contribution in [0.15, 0.2) is 28.7 Å². The fourth-order valence-electron chi connectivity index (χ4n) is 1.70. The molecule has 0 aliphatic carbocycles. The highest BCUT2D eigenvalue weighted by Gasteiger charge is 2.26. The van der Waals surface area contributed by atoms with E-state index in [0.29, 0.717) is 9.83 Å². The molecule has 1 aliphatic rings. The molecule has 0 saturated carbocycles. The Kier molecular flexibility index (Phi) is 6.69. The molecule has 0 aromatic heterocycles. The summed E-state index contributed by atoms with van der Waals surface area (Å²) in [6, 6.07) is 8.75. The van der Waals surface area contributed by atoms with E-state index >= 15 is 0 Å². The number of hydrogen-bond acceptors (Lipinski definition) is 4. The second kappa shape index (κ2) is 7.77. The van der Waals surface area contributed by atoms with Crippen LogP contribution in [0.4, 0.5) is 0 Å². The molecule has 0 nitrogen and oxygen atoms in total. The van der Waals surface area contributed by atoms with Gasteiger partial charge in [-0.25, -0.2) is 0 Å². The van der Waals surface area contributed by atoms with Crippen molar-refractivity contribution < 1.29 is 0 Å². The van der Waals surface area contributed by atoms with Crippen LogP contribution in [-0.2, 0) is 0 Å². The van der Waals surface area contributed by atoms with Crippen molar-refractivity contribution in [3.8, 4) is 0 Å². The second-order valence-corrected chi connectivity index (χ2v) is 10.1. The molecule has 3 atom stereocenters. The molecule has 1 aromatic carbocycles. The number of hydrogen-bond donors (Lipinski definition) is 1. The minimum atomic E-state index is 0.510. The lowest BCUT2D eigenvalue weighted by Gasteiger charge is -2.11. The Hall–Kier alpha value is 1.10. The molecule has 0 N–H and O–H groups in total. The first-order valence-corrected chi connectivity index (χ1v) is 10.4. The van der Waals surface area contributed by atoms with Crippen LogP contribution in [0.1, 0.15) is 17.1 Å². The fourth-order valence-corrected chi connectivity index (χ4v) is 6.98. The third kappa shape index (κ3) is 4.89. The maximum Gasteiger partial charge on any atom is 0.0755 e. The Balaban J connectivity index is 1.79. The quantitative estimate of drug-likeness (QED) is 0.684. The van der Waals surface area contributed by atoms with Gasteiger partial charge in [-0.15, -0.1) is 23.5 Å². The Morgan fingerprint density at radius 2 is 2.17 bits per heavy atom. The maximum atomic E-state index is 4.42. The van der Waals surface area contributed by atoms with Crippen LogP contribution < -0.4 is 0 Å². The Morgan fingerprint density at radius 1 is 1.44 bits per heavy atom. The standard InChI is InChI=1S/C13H17BrS4/c1-9(15)6-16-7-12-8-17-13(18-12)10-2-4-11(14)5-3-10/h2-5,9,12-13,15H,6-8H2,1H3. The molecule has 18 heavy (non-hydrogen) atoms. The van der Waals surface area contributed by atoms with Crippen LogP contribution in [0.25, 0.3) is 0 Å². The van der Waals surface area contributed by atoms with E-state index in [1.54, 1.807) is 0 Å². The van der Waals surface area contributed by atoms with Crippen molar-refractivity contribution in [1.29, 1.82) is 0 Å². The first kappa shape index (κ1) is 15.5. The van der Waals surface area contributed by atoms with Crippen molar-refractivity contribution in [2.75, 3.05) is 17.3 Å². The summed E-state index contributed by atoms with van der Waals surface area (Å²) in [6.45, 7) is 2.16. The van der Waals surface area contributed by atoms with Gasteiger partial charge >= 0.3 is 0 Å². The van der Waals surface area contributed by atoms with Gasteiger partial charge in [0.15, 0.2) is 0 Å². The molecule has 5 heteroatoms. The first-order chi connectivity index (χ1) is 8.65. The van der Waals surface area contributed by atoms with Crippen LogP contribution in [0.3, 0.4) is 0 Å². The van der Waals surface area contributed by atoms with Gasteiger partial charge < -0.3 is 0 Å². The molecule has 0 amide bonds. The molecule has 1 fully saturated rings. The lowest BCUT2D eigenvalue weighted by Crippen LogP contribution is -2.07. The number of benzene rings is 1. The van der Waals surface area contributed by atoms with Gasteiger partial charge in [0.1, 0.15) is 0 Å². The normalized spacial score (nSPS) is 25.3. The topological polar surface area (TPSA) is 0 Å². The predicted octanol–water partition coefficient (Wildman–Crippen LogP) is 5.35. The van der Waals surface area contributed by atoms with E-state index < -0.39 is 0 Å². The summed E-state index contributed by atoms with van der Waals surface area (Å²) in [7, 11) is 0. The largest absolute Gasteiger partial charge is 0.175 e. The first-order valence-electron chi connectivity index (χ1n) is 5.93. The van der Waals surface area contributed by atoms with E-state index in [4.69, 9.17) is 0 Å². The van der Waals surface area contributed by atoms with E-state index in [1.165, 1.54) is 17.1 Å². The van der Waals surface area contributed by atoms with Gasteiger partial charge in [0, 0.05) is 32.2 Å². The minimum absolute atomic E-state index is 0.510. The van der Waals surface area contributed by atoms with E-state index in [9.17, 15) is 0 Å². The van der Waals surface area contributed by atoms with Crippen molar-refractivity contribution in [2.45, 2.75) is 22.0 Å². The second-order valence-electron chi connectivity index (χ2n) is 4.36. The zero-order valence-electron chi connectivity index (χ0n) is 10.2. The van der Waals surface area contributed by atoms with E-state index in [-0.39, 0.29) is 0 Å². The van der Waals surface area contributed by atoms with Gasteiger partial charge in [0.05, 0.1) is 4.58 Å². The summed E-state index contributed by atoms with van der Waals surface area (Å²) in [5, 5.41) is 1.30. The third-order valence-corrected chi connectivity index (χ3v) is 8.46. The minimum Gasteiger partial charge on any atom is -0.175 e. The highest BCUT2D eigenvalue weighted by molar-refractivity contribution is 9.10. The fraction of sp³-hybridized carbons (Fsp3) is 0.538. The zero-order chi connectivity index (χ0) is 13.0. The lowest BCUT2D eigenvalue weighted by molar-refractivity contribution is 1.12. The van der Waals surface area contributed by atoms with Crippen LogP contribution >= 0.6 is 63.8 Å². The van der Waals surface area contributed by atoms with Gasteiger partial charge in [-0.1, -0.05) is 35.0 Å². The maximum absolute atomic E-state index is 4.42. The van der Waals surface area contributed by atoms with Gasteiger partial charge in [-0.3, -0.25) is 0 Å². The molecular weight excluding hydrogens is 364 g/mol. The Morgan fingerprint density at radius 3 is 2.83 bits per heavy atom. The number of rotatable bonds is 5. The molecule has 1 aromatic rings. The van der Waals surface area contributed by atoms with Crippen LogP contribution in [-0.4, -0.2) is 27.8 Å². The van der Waals surface area contributed by atoms with Crippen molar-refractivity contribution in [2.24, 2.45) is 0 Å². The molecule has 100 valence electrons. The summed E-state index contributed by atoms with van der Waals surface area (Å²) in [6.07, 6.45) is 0. The van der Waals surface area contributed by atoms with Crippen LogP contribution in [0.2, 0.25) is 0 Å². The van der Waals surface area contributed by atoms with E-state index in [1.807, 2.05) is 11.8 Å². The van der Waals surface area contributed by atoms with Gasteiger partial charge in [-0.05, 0) is 17.7 Å². The number of thioether (sulfide) groups is 3. The lowest BCUT2D eigenvalue weighted by atomic mass is 10.2. The van der Waals surface area contributed by atoms with E-state index in [0.717, 1.165) is 15.5 Å². The average molecular weight is 381 g/mol. The van der Waals surface area contributed by atoms with Crippen molar-refractivity contribution in [1.82, 2.24) is 0 Å². The number of halogens is 1. The van der Waals surface area contributed by atoms with E-state index in [2.05, 4.69) is 83.3 Å². The van der Waals surface area contributed by atoms with Gasteiger partial charge in [0.2, 0.25) is 0 Å². The van der Waals surface area contributed by atoms with Crippen molar-refractivity contribution >= 4 is 63.8 Å². The molecule has 0 bridgehead atoms. The van der Waals surface area contributed by atoms with Crippen molar-refractivity contribution in [3.05, 3.63) is 34.3 Å². The molecule has 2 rings (SSSR count). The summed E-state index contributed by atoms with van der Waals surface area (Å²) in [4.78, 5) is 0. The van der Waals surface area contributed by atoms with Gasteiger partial charge in [-0.2, -0.15) is 24.4 Å². The number of thiol groups is 1. The summed E-state index contributed by atoms with van der Waals surface area (Å²) < 4.78 is 1.78. The predicted molar refractivity (Wildman–Crippen MR) is 96.5 cm³/mol. The van der Waals surface area contributed by atoms with Gasteiger partial charge in [0.25, 0.3) is 0 Å². The monoisotopic (exact) mass is 380 g/mol. The van der Waals surface area contributed by atoms with Crippen LogP contribution in [0.5, 0.6) is 0 Å². The third-order valence-electron chi connectivity index (χ3n) is 2.55. The van der Waals surface area contributed by atoms with Crippen LogP contribution in [0, 0.1) is 0 Å². The summed E-state index contributed by atoms with van der Waals surface area (Å²) in [5.41, 5.74) is 1.45. The Labute approximate surface area is 136 Å². The highest BCUT2D eigenvalue weighted by atomic mass is 79.9. The molecule has 1 heterocycles. The Bertz CT molecular complexity index is 366. The average Bonchev–Trinajstić information content (AvgIpc) is 2.78.